The molecule has 0 spiro atoms. The molecule has 0 aliphatic carbocycles. The minimum atomic E-state index is -0.0148. The van der Waals surface area contributed by atoms with E-state index in [1.165, 1.54) is 0 Å². The second kappa shape index (κ2) is 8.32. The summed E-state index contributed by atoms with van der Waals surface area (Å²) in [5, 5.41) is 0. The maximum absolute atomic E-state index is 5.91. The standard InChI is InChI=1S/C29H21N3O/c1-4-10-20(11-5-1)23-16-25-26(17-24(23)21-12-6-2-7-13-21)31-27(18-30-25)29-32-28(19-33-29)22-14-8-3-9-15-22/h1-18,28H,19H2. The maximum Gasteiger partial charge on any atom is 0.237 e. The highest BCUT2D eigenvalue weighted by Gasteiger charge is 2.23. The van der Waals surface area contributed by atoms with Gasteiger partial charge in [-0.3, -0.25) is 4.98 Å². The summed E-state index contributed by atoms with van der Waals surface area (Å²) < 4.78 is 5.91. The predicted molar refractivity (Wildman–Crippen MR) is 132 cm³/mol. The van der Waals surface area contributed by atoms with Crippen molar-refractivity contribution in [1.29, 1.82) is 0 Å². The Balaban J connectivity index is 1.45. The highest BCUT2D eigenvalue weighted by molar-refractivity contribution is 5.97. The third-order valence-electron chi connectivity index (χ3n) is 5.91. The quantitative estimate of drug-likeness (QED) is 0.330. The number of benzene rings is 4. The lowest BCUT2D eigenvalue weighted by Gasteiger charge is -2.12. The van der Waals surface area contributed by atoms with Gasteiger partial charge in [-0.2, -0.15) is 0 Å². The third-order valence-corrected chi connectivity index (χ3v) is 5.91. The normalized spacial score (nSPS) is 15.3. The van der Waals surface area contributed by atoms with Crippen molar-refractivity contribution in [2.24, 2.45) is 4.99 Å². The highest BCUT2D eigenvalue weighted by atomic mass is 16.5. The van der Waals surface area contributed by atoms with Gasteiger partial charge in [-0.05, 0) is 39.9 Å². The number of nitrogens with zero attached hydrogens (tertiary/aromatic N) is 3. The molecule has 158 valence electrons. The van der Waals surface area contributed by atoms with Gasteiger partial charge in [-0.25, -0.2) is 9.98 Å². The van der Waals surface area contributed by atoms with E-state index in [1.807, 2.05) is 30.3 Å². The molecule has 0 N–H and O–H groups in total. The van der Waals surface area contributed by atoms with E-state index in [4.69, 9.17) is 19.7 Å². The molecule has 6 rings (SSSR count). The minimum absolute atomic E-state index is 0.0148. The molecule has 0 amide bonds. The number of fused-ring (bicyclic) bond motifs is 1. The molecular formula is C29H21N3O. The molecule has 1 aliphatic heterocycles. The topological polar surface area (TPSA) is 47.4 Å². The van der Waals surface area contributed by atoms with Crippen LogP contribution in [0.5, 0.6) is 0 Å². The first-order valence-corrected chi connectivity index (χ1v) is 11.0. The molecule has 1 unspecified atom stereocenters. The van der Waals surface area contributed by atoms with Gasteiger partial charge < -0.3 is 4.74 Å². The second-order valence-electron chi connectivity index (χ2n) is 8.05. The fourth-order valence-corrected chi connectivity index (χ4v) is 4.24. The first-order valence-electron chi connectivity index (χ1n) is 11.0. The molecule has 4 nitrogen and oxygen atoms in total. The Morgan fingerprint density at radius 2 is 1.24 bits per heavy atom. The average Bonchev–Trinajstić information content (AvgIpc) is 3.40. The lowest BCUT2D eigenvalue weighted by atomic mass is 9.94. The van der Waals surface area contributed by atoms with Gasteiger partial charge in [-0.1, -0.05) is 91.0 Å². The van der Waals surface area contributed by atoms with Crippen LogP contribution in [0.1, 0.15) is 17.3 Å². The monoisotopic (exact) mass is 427 g/mol. The van der Waals surface area contributed by atoms with E-state index in [0.29, 0.717) is 18.2 Å². The van der Waals surface area contributed by atoms with Gasteiger partial charge in [0.1, 0.15) is 18.3 Å². The molecule has 4 aromatic carbocycles. The van der Waals surface area contributed by atoms with Gasteiger partial charge >= 0.3 is 0 Å². The molecule has 0 radical (unpaired) electrons. The average molecular weight is 428 g/mol. The van der Waals surface area contributed by atoms with Crippen molar-refractivity contribution in [3.8, 4) is 22.3 Å². The van der Waals surface area contributed by atoms with Crippen LogP contribution < -0.4 is 0 Å². The molecule has 1 aliphatic rings. The van der Waals surface area contributed by atoms with E-state index < -0.39 is 0 Å². The van der Waals surface area contributed by atoms with E-state index >= 15 is 0 Å². The van der Waals surface area contributed by atoms with Crippen molar-refractivity contribution in [1.82, 2.24) is 9.97 Å². The first kappa shape index (κ1) is 19.4. The van der Waals surface area contributed by atoms with Crippen molar-refractivity contribution in [2.45, 2.75) is 6.04 Å². The van der Waals surface area contributed by atoms with Crippen LogP contribution in [0.3, 0.4) is 0 Å². The Morgan fingerprint density at radius 1 is 0.667 bits per heavy atom. The Bertz CT molecular complexity index is 1450. The van der Waals surface area contributed by atoms with E-state index in [-0.39, 0.29) is 6.04 Å². The minimum Gasteiger partial charge on any atom is -0.474 e. The van der Waals surface area contributed by atoms with Gasteiger partial charge in [-0.15, -0.1) is 0 Å². The molecule has 5 aromatic rings. The number of aliphatic imine (C=N–C) groups is 1. The Kier molecular flexibility index (Phi) is 4.89. The fourth-order valence-electron chi connectivity index (χ4n) is 4.24. The van der Waals surface area contributed by atoms with Gasteiger partial charge in [0.25, 0.3) is 0 Å². The van der Waals surface area contributed by atoms with Crippen molar-refractivity contribution < 1.29 is 4.74 Å². The number of aromatic nitrogens is 2. The fraction of sp³-hybridized carbons (Fsp3) is 0.0690. The predicted octanol–water partition coefficient (Wildman–Crippen LogP) is 6.48. The molecule has 2 heterocycles. The molecule has 0 fully saturated rings. The van der Waals surface area contributed by atoms with E-state index in [1.54, 1.807) is 6.20 Å². The summed E-state index contributed by atoms with van der Waals surface area (Å²) in [4.78, 5) is 14.4. The zero-order valence-electron chi connectivity index (χ0n) is 17.9. The van der Waals surface area contributed by atoms with Crippen LogP contribution in [0, 0.1) is 0 Å². The van der Waals surface area contributed by atoms with Crippen LogP contribution in [0.2, 0.25) is 0 Å². The van der Waals surface area contributed by atoms with Crippen molar-refractivity contribution in [3.63, 3.8) is 0 Å². The largest absolute Gasteiger partial charge is 0.474 e. The smallest absolute Gasteiger partial charge is 0.237 e. The SMILES string of the molecule is c1ccc(-c2cc3ncc(C4=NC(c5ccccc5)CO4)nc3cc2-c2ccccc2)cc1. The Labute approximate surface area is 192 Å². The van der Waals surface area contributed by atoms with Gasteiger partial charge in [0, 0.05) is 0 Å². The summed E-state index contributed by atoms with van der Waals surface area (Å²) in [7, 11) is 0. The summed E-state index contributed by atoms with van der Waals surface area (Å²) >= 11 is 0. The van der Waals surface area contributed by atoms with Crippen molar-refractivity contribution in [3.05, 3.63) is 121 Å². The maximum atomic E-state index is 5.91. The number of hydrogen-bond acceptors (Lipinski definition) is 4. The molecule has 4 heteroatoms. The summed E-state index contributed by atoms with van der Waals surface area (Å²) in [5.74, 6) is 0.548. The van der Waals surface area contributed by atoms with E-state index in [0.717, 1.165) is 38.9 Å². The summed E-state index contributed by atoms with van der Waals surface area (Å²) in [6.45, 7) is 0.515. The zero-order chi connectivity index (χ0) is 22.0. The Hall–Kier alpha value is -4.31. The molecule has 0 saturated heterocycles. The number of hydrogen-bond donors (Lipinski definition) is 0. The van der Waals surface area contributed by atoms with Crippen LogP contribution in [0.15, 0.2) is 114 Å². The summed E-state index contributed by atoms with van der Waals surface area (Å²) in [6, 6.07) is 35.2. The zero-order valence-corrected chi connectivity index (χ0v) is 17.9. The lowest BCUT2D eigenvalue weighted by Crippen LogP contribution is -2.05. The molecule has 0 saturated carbocycles. The van der Waals surface area contributed by atoms with Crippen LogP contribution in [0.25, 0.3) is 33.3 Å². The second-order valence-corrected chi connectivity index (χ2v) is 8.05. The van der Waals surface area contributed by atoms with Crippen molar-refractivity contribution >= 4 is 16.9 Å². The van der Waals surface area contributed by atoms with Gasteiger partial charge in [0.2, 0.25) is 5.90 Å². The molecular weight excluding hydrogens is 406 g/mol. The molecule has 0 bridgehead atoms. The first-order chi connectivity index (χ1) is 16.3. The highest BCUT2D eigenvalue weighted by Crippen LogP contribution is 2.35. The summed E-state index contributed by atoms with van der Waals surface area (Å²) in [6.07, 6.45) is 1.76. The van der Waals surface area contributed by atoms with Gasteiger partial charge in [0.05, 0.1) is 17.2 Å². The van der Waals surface area contributed by atoms with E-state index in [9.17, 15) is 0 Å². The summed E-state index contributed by atoms with van der Waals surface area (Å²) in [5.41, 5.74) is 8.01. The van der Waals surface area contributed by atoms with Crippen molar-refractivity contribution in [2.75, 3.05) is 6.61 Å². The third kappa shape index (κ3) is 3.76. The molecule has 1 atom stereocenters. The van der Waals surface area contributed by atoms with Gasteiger partial charge in [0.15, 0.2) is 0 Å². The lowest BCUT2D eigenvalue weighted by molar-refractivity contribution is 0.319. The number of rotatable bonds is 4. The number of ether oxygens (including phenoxy) is 1. The Morgan fingerprint density at radius 3 is 1.88 bits per heavy atom. The van der Waals surface area contributed by atoms with Crippen LogP contribution in [-0.2, 0) is 4.74 Å². The van der Waals surface area contributed by atoms with Crippen LogP contribution >= 0.6 is 0 Å². The van der Waals surface area contributed by atoms with Crippen LogP contribution in [0.4, 0.5) is 0 Å². The van der Waals surface area contributed by atoms with E-state index in [2.05, 4.69) is 72.8 Å². The van der Waals surface area contributed by atoms with Crippen LogP contribution in [-0.4, -0.2) is 22.5 Å². The molecule has 1 aromatic heterocycles. The molecule has 33 heavy (non-hydrogen) atoms.